The van der Waals surface area contributed by atoms with Gasteiger partial charge in [-0.1, -0.05) is 29.8 Å². The molecule has 2 rings (SSSR count). The minimum Gasteiger partial charge on any atom is -0.439 e. The largest absolute Gasteiger partial charge is 0.439 e. The second kappa shape index (κ2) is 4.94. The third kappa shape index (κ3) is 3.44. The van der Waals surface area contributed by atoms with Crippen molar-refractivity contribution in [1.82, 2.24) is 10.3 Å². The SMILES string of the molecule is Cc1ccc(-c2cnc(CNC(C)(C)C)o2)cc1. The maximum atomic E-state index is 5.73. The number of rotatable bonds is 3. The summed E-state index contributed by atoms with van der Waals surface area (Å²) in [6, 6.07) is 8.25. The molecule has 0 aliphatic heterocycles. The zero-order valence-electron chi connectivity index (χ0n) is 11.4. The quantitative estimate of drug-likeness (QED) is 0.897. The lowest BCUT2D eigenvalue weighted by atomic mass is 10.1. The van der Waals surface area contributed by atoms with Crippen molar-refractivity contribution in [2.24, 2.45) is 0 Å². The predicted octanol–water partition coefficient (Wildman–Crippen LogP) is 3.54. The number of nitrogens with one attached hydrogen (secondary N) is 1. The van der Waals surface area contributed by atoms with Crippen LogP contribution in [0, 0.1) is 6.92 Å². The van der Waals surface area contributed by atoms with E-state index in [1.54, 1.807) is 6.20 Å². The fourth-order valence-electron chi connectivity index (χ4n) is 1.58. The summed E-state index contributed by atoms with van der Waals surface area (Å²) in [7, 11) is 0. The van der Waals surface area contributed by atoms with E-state index in [1.165, 1.54) is 5.56 Å². The Labute approximate surface area is 108 Å². The Morgan fingerprint density at radius 3 is 2.44 bits per heavy atom. The van der Waals surface area contributed by atoms with Crippen molar-refractivity contribution < 1.29 is 4.42 Å². The molecule has 1 aromatic carbocycles. The van der Waals surface area contributed by atoms with Crippen LogP contribution in [0.15, 0.2) is 34.9 Å². The molecule has 2 aromatic rings. The molecule has 0 bridgehead atoms. The summed E-state index contributed by atoms with van der Waals surface area (Å²) in [5.74, 6) is 1.54. The number of aromatic nitrogens is 1. The van der Waals surface area contributed by atoms with Gasteiger partial charge in [0.15, 0.2) is 5.76 Å². The number of aryl methyl sites for hydroxylation is 1. The molecular formula is C15H20N2O. The molecule has 0 saturated carbocycles. The zero-order chi connectivity index (χ0) is 13.2. The lowest BCUT2D eigenvalue weighted by Crippen LogP contribution is -2.35. The van der Waals surface area contributed by atoms with Crippen LogP contribution < -0.4 is 5.32 Å². The maximum Gasteiger partial charge on any atom is 0.208 e. The summed E-state index contributed by atoms with van der Waals surface area (Å²) in [6.07, 6.45) is 1.78. The number of oxazole rings is 1. The number of benzene rings is 1. The van der Waals surface area contributed by atoms with E-state index in [0.717, 1.165) is 17.2 Å². The highest BCUT2D eigenvalue weighted by molar-refractivity contribution is 5.56. The molecule has 0 saturated heterocycles. The van der Waals surface area contributed by atoms with Crippen molar-refractivity contribution >= 4 is 0 Å². The third-order valence-electron chi connectivity index (χ3n) is 2.66. The van der Waals surface area contributed by atoms with E-state index in [0.29, 0.717) is 6.54 Å². The second-order valence-corrected chi connectivity index (χ2v) is 5.59. The Morgan fingerprint density at radius 1 is 1.17 bits per heavy atom. The Balaban J connectivity index is 2.08. The topological polar surface area (TPSA) is 38.1 Å². The van der Waals surface area contributed by atoms with Crippen LogP contribution in [0.25, 0.3) is 11.3 Å². The average molecular weight is 244 g/mol. The summed E-state index contributed by atoms with van der Waals surface area (Å²) < 4.78 is 5.73. The predicted molar refractivity (Wildman–Crippen MR) is 73.3 cm³/mol. The van der Waals surface area contributed by atoms with Gasteiger partial charge in [-0.05, 0) is 27.7 Å². The van der Waals surface area contributed by atoms with Crippen LogP contribution >= 0.6 is 0 Å². The highest BCUT2D eigenvalue weighted by Crippen LogP contribution is 2.20. The smallest absolute Gasteiger partial charge is 0.208 e. The van der Waals surface area contributed by atoms with Gasteiger partial charge in [-0.3, -0.25) is 0 Å². The van der Waals surface area contributed by atoms with Crippen LogP contribution in [0.1, 0.15) is 32.2 Å². The first-order valence-electron chi connectivity index (χ1n) is 6.21. The van der Waals surface area contributed by atoms with Gasteiger partial charge < -0.3 is 9.73 Å². The molecule has 1 heterocycles. The molecule has 0 unspecified atom stereocenters. The van der Waals surface area contributed by atoms with Gasteiger partial charge >= 0.3 is 0 Å². The van der Waals surface area contributed by atoms with Crippen molar-refractivity contribution in [3.05, 3.63) is 41.9 Å². The van der Waals surface area contributed by atoms with Gasteiger partial charge in [0.25, 0.3) is 0 Å². The van der Waals surface area contributed by atoms with E-state index in [-0.39, 0.29) is 5.54 Å². The van der Waals surface area contributed by atoms with Gasteiger partial charge in [0.05, 0.1) is 12.7 Å². The van der Waals surface area contributed by atoms with Crippen LogP contribution in [0.5, 0.6) is 0 Å². The molecule has 96 valence electrons. The van der Waals surface area contributed by atoms with Crippen LogP contribution in [0.3, 0.4) is 0 Å². The normalized spacial score (nSPS) is 11.8. The molecule has 0 amide bonds. The Hall–Kier alpha value is -1.61. The molecule has 0 spiro atoms. The molecule has 0 aliphatic rings. The fourth-order valence-corrected chi connectivity index (χ4v) is 1.58. The molecule has 1 aromatic heterocycles. The van der Waals surface area contributed by atoms with E-state index in [9.17, 15) is 0 Å². The summed E-state index contributed by atoms with van der Waals surface area (Å²) in [6.45, 7) is 9.09. The van der Waals surface area contributed by atoms with E-state index < -0.39 is 0 Å². The van der Waals surface area contributed by atoms with Gasteiger partial charge in [0, 0.05) is 11.1 Å². The van der Waals surface area contributed by atoms with Crippen LogP contribution in [0.4, 0.5) is 0 Å². The van der Waals surface area contributed by atoms with Gasteiger partial charge in [-0.15, -0.1) is 0 Å². The molecule has 0 radical (unpaired) electrons. The number of nitrogens with zero attached hydrogens (tertiary/aromatic N) is 1. The minimum absolute atomic E-state index is 0.0679. The van der Waals surface area contributed by atoms with Crippen molar-refractivity contribution in [2.45, 2.75) is 39.8 Å². The Morgan fingerprint density at radius 2 is 1.83 bits per heavy atom. The van der Waals surface area contributed by atoms with Crippen LogP contribution in [0.2, 0.25) is 0 Å². The summed E-state index contributed by atoms with van der Waals surface area (Å²) in [4.78, 5) is 4.29. The van der Waals surface area contributed by atoms with Crippen molar-refractivity contribution in [3.63, 3.8) is 0 Å². The fraction of sp³-hybridized carbons (Fsp3) is 0.400. The maximum absolute atomic E-state index is 5.73. The molecule has 0 aliphatic carbocycles. The van der Waals surface area contributed by atoms with Gasteiger partial charge in [-0.2, -0.15) is 0 Å². The molecule has 0 atom stereocenters. The van der Waals surface area contributed by atoms with Gasteiger partial charge in [0.2, 0.25) is 5.89 Å². The van der Waals surface area contributed by atoms with Crippen LogP contribution in [-0.2, 0) is 6.54 Å². The minimum atomic E-state index is 0.0679. The standard InChI is InChI=1S/C15H20N2O/c1-11-5-7-12(8-6-11)13-9-16-14(18-13)10-17-15(2,3)4/h5-9,17H,10H2,1-4H3. The third-order valence-corrected chi connectivity index (χ3v) is 2.66. The van der Waals surface area contributed by atoms with Crippen LogP contribution in [-0.4, -0.2) is 10.5 Å². The van der Waals surface area contributed by atoms with Gasteiger partial charge in [0.1, 0.15) is 0 Å². The van der Waals surface area contributed by atoms with Crippen molar-refractivity contribution in [3.8, 4) is 11.3 Å². The lowest BCUT2D eigenvalue weighted by molar-refractivity contribution is 0.383. The molecular weight excluding hydrogens is 224 g/mol. The molecule has 1 N–H and O–H groups in total. The lowest BCUT2D eigenvalue weighted by Gasteiger charge is -2.18. The first-order chi connectivity index (χ1) is 8.44. The summed E-state index contributed by atoms with van der Waals surface area (Å²) in [5.41, 5.74) is 2.38. The summed E-state index contributed by atoms with van der Waals surface area (Å²) in [5, 5.41) is 3.36. The van der Waals surface area contributed by atoms with E-state index in [4.69, 9.17) is 4.42 Å². The molecule has 3 nitrogen and oxygen atoms in total. The number of hydrogen-bond acceptors (Lipinski definition) is 3. The van der Waals surface area contributed by atoms with E-state index in [2.05, 4.69) is 62.3 Å². The molecule has 3 heteroatoms. The monoisotopic (exact) mass is 244 g/mol. The Bertz CT molecular complexity index is 506. The van der Waals surface area contributed by atoms with Gasteiger partial charge in [-0.25, -0.2) is 4.98 Å². The number of hydrogen-bond donors (Lipinski definition) is 1. The highest BCUT2D eigenvalue weighted by atomic mass is 16.4. The highest BCUT2D eigenvalue weighted by Gasteiger charge is 2.11. The van der Waals surface area contributed by atoms with E-state index in [1.807, 2.05) is 0 Å². The first-order valence-corrected chi connectivity index (χ1v) is 6.21. The van der Waals surface area contributed by atoms with Crippen molar-refractivity contribution in [1.29, 1.82) is 0 Å². The Kier molecular flexibility index (Phi) is 3.53. The zero-order valence-corrected chi connectivity index (χ0v) is 11.4. The first kappa shape index (κ1) is 12.8. The average Bonchev–Trinajstić information content (AvgIpc) is 2.75. The summed E-state index contributed by atoms with van der Waals surface area (Å²) >= 11 is 0. The van der Waals surface area contributed by atoms with Crippen molar-refractivity contribution in [2.75, 3.05) is 0 Å². The second-order valence-electron chi connectivity index (χ2n) is 5.59. The molecule has 18 heavy (non-hydrogen) atoms. The molecule has 0 fully saturated rings. The van der Waals surface area contributed by atoms with E-state index >= 15 is 0 Å².